The van der Waals surface area contributed by atoms with Gasteiger partial charge in [-0.2, -0.15) is 0 Å². The average Bonchev–Trinajstić information content (AvgIpc) is 2.62. The average molecular weight is 224 g/mol. The minimum atomic E-state index is -0.259. The number of nitrogens with zero attached hydrogens (tertiary/aromatic N) is 1. The Morgan fingerprint density at radius 1 is 1.62 bits per heavy atom. The van der Waals surface area contributed by atoms with Crippen LogP contribution in [-0.2, 0) is 9.63 Å². The summed E-state index contributed by atoms with van der Waals surface area (Å²) in [4.78, 5) is 16.1. The molecule has 88 valence electrons. The van der Waals surface area contributed by atoms with Gasteiger partial charge in [0, 0.05) is 5.54 Å². The lowest BCUT2D eigenvalue weighted by molar-refractivity contribution is -0.127. The fourth-order valence-electron chi connectivity index (χ4n) is 1.00. The van der Waals surface area contributed by atoms with Crippen LogP contribution in [0.4, 0.5) is 0 Å². The zero-order valence-electron chi connectivity index (χ0n) is 9.69. The molecule has 5 nitrogen and oxygen atoms in total. The van der Waals surface area contributed by atoms with E-state index in [2.05, 4.69) is 10.5 Å². The van der Waals surface area contributed by atoms with Crippen molar-refractivity contribution in [1.29, 1.82) is 0 Å². The van der Waals surface area contributed by atoms with Crippen LogP contribution in [0.1, 0.15) is 26.5 Å². The van der Waals surface area contributed by atoms with Gasteiger partial charge in [-0.25, -0.2) is 0 Å². The van der Waals surface area contributed by atoms with Crippen LogP contribution in [0.15, 0.2) is 28.0 Å². The van der Waals surface area contributed by atoms with Gasteiger partial charge < -0.3 is 14.6 Å². The van der Waals surface area contributed by atoms with Crippen LogP contribution in [0.3, 0.4) is 0 Å². The summed E-state index contributed by atoms with van der Waals surface area (Å²) in [6.07, 6.45) is 2.94. The molecule has 0 saturated heterocycles. The highest BCUT2D eigenvalue weighted by Gasteiger charge is 2.13. The van der Waals surface area contributed by atoms with E-state index in [0.717, 1.165) is 0 Å². The number of hydrogen-bond donors (Lipinski definition) is 1. The monoisotopic (exact) mass is 224 g/mol. The molecule has 1 N–H and O–H groups in total. The second-order valence-corrected chi connectivity index (χ2v) is 4.32. The second kappa shape index (κ2) is 5.34. The topological polar surface area (TPSA) is 63.8 Å². The van der Waals surface area contributed by atoms with Crippen molar-refractivity contribution in [3.05, 3.63) is 24.2 Å². The first-order valence-electron chi connectivity index (χ1n) is 4.97. The highest BCUT2D eigenvalue weighted by Crippen LogP contribution is 1.98. The number of oxime groups is 1. The fraction of sp³-hybridized carbons (Fsp3) is 0.455. The molecule has 1 aromatic rings. The molecule has 0 saturated carbocycles. The summed E-state index contributed by atoms with van der Waals surface area (Å²) in [5.74, 6) is 0.375. The molecule has 0 aliphatic rings. The summed E-state index contributed by atoms with van der Waals surface area (Å²) in [7, 11) is 0. The lowest BCUT2D eigenvalue weighted by atomic mass is 10.1. The Bertz CT molecular complexity index is 350. The molecule has 1 amide bonds. The first-order valence-corrected chi connectivity index (χ1v) is 4.97. The predicted octanol–water partition coefficient (Wildman–Crippen LogP) is 1.54. The molecule has 5 heteroatoms. The van der Waals surface area contributed by atoms with Crippen molar-refractivity contribution in [1.82, 2.24) is 5.32 Å². The molecule has 0 bridgehead atoms. The fourth-order valence-corrected chi connectivity index (χ4v) is 1.00. The number of nitrogens with one attached hydrogen (secondary N) is 1. The second-order valence-electron chi connectivity index (χ2n) is 4.32. The molecular formula is C11H16N2O3. The Kier molecular flexibility index (Phi) is 4.10. The van der Waals surface area contributed by atoms with Gasteiger partial charge in [0.1, 0.15) is 12.0 Å². The normalized spacial score (nSPS) is 11.7. The van der Waals surface area contributed by atoms with E-state index in [0.29, 0.717) is 5.76 Å². The van der Waals surface area contributed by atoms with Crippen LogP contribution < -0.4 is 5.32 Å². The summed E-state index contributed by atoms with van der Waals surface area (Å²) in [5.41, 5.74) is -0.259. The van der Waals surface area contributed by atoms with E-state index in [9.17, 15) is 4.79 Å². The zero-order chi connectivity index (χ0) is 12.0. The number of hydrogen-bond acceptors (Lipinski definition) is 4. The van der Waals surface area contributed by atoms with Crippen LogP contribution in [0.2, 0.25) is 0 Å². The van der Waals surface area contributed by atoms with Gasteiger partial charge in [-0.15, -0.1) is 0 Å². The molecule has 0 fully saturated rings. The molecule has 0 spiro atoms. The molecule has 0 atom stereocenters. The van der Waals surface area contributed by atoms with Gasteiger partial charge in [-0.3, -0.25) is 4.79 Å². The highest BCUT2D eigenvalue weighted by atomic mass is 16.6. The minimum absolute atomic E-state index is 0.103. The van der Waals surface area contributed by atoms with Crippen molar-refractivity contribution in [3.63, 3.8) is 0 Å². The third-order valence-corrected chi connectivity index (χ3v) is 1.51. The van der Waals surface area contributed by atoms with Crippen molar-refractivity contribution >= 4 is 12.1 Å². The van der Waals surface area contributed by atoms with Crippen molar-refractivity contribution < 1.29 is 14.0 Å². The van der Waals surface area contributed by atoms with Gasteiger partial charge in [0.2, 0.25) is 0 Å². The number of amides is 1. The molecular weight excluding hydrogens is 208 g/mol. The molecule has 16 heavy (non-hydrogen) atoms. The summed E-state index contributed by atoms with van der Waals surface area (Å²) >= 11 is 0. The van der Waals surface area contributed by atoms with E-state index in [1.54, 1.807) is 12.1 Å². The van der Waals surface area contributed by atoms with Gasteiger partial charge >= 0.3 is 0 Å². The van der Waals surface area contributed by atoms with E-state index in [4.69, 9.17) is 9.25 Å². The van der Waals surface area contributed by atoms with Gasteiger partial charge in [0.15, 0.2) is 6.61 Å². The molecule has 0 aliphatic carbocycles. The Morgan fingerprint density at radius 3 is 2.94 bits per heavy atom. The SMILES string of the molecule is CC(C)(C)NC(=O)CO/N=C/c1ccco1. The summed E-state index contributed by atoms with van der Waals surface area (Å²) in [6.45, 7) is 5.60. The Balaban J connectivity index is 2.23. The first-order chi connectivity index (χ1) is 7.47. The van der Waals surface area contributed by atoms with Crippen LogP contribution >= 0.6 is 0 Å². The van der Waals surface area contributed by atoms with Crippen molar-refractivity contribution in [3.8, 4) is 0 Å². The summed E-state index contributed by atoms with van der Waals surface area (Å²) in [6, 6.07) is 3.48. The number of carbonyl (C=O) groups excluding carboxylic acids is 1. The van der Waals surface area contributed by atoms with Gasteiger partial charge in [0.05, 0.1) is 6.26 Å². The molecule has 0 radical (unpaired) electrons. The maximum atomic E-state index is 11.3. The predicted molar refractivity (Wildman–Crippen MR) is 60.1 cm³/mol. The van der Waals surface area contributed by atoms with Crippen LogP contribution in [0.5, 0.6) is 0 Å². The highest BCUT2D eigenvalue weighted by molar-refractivity contribution is 5.78. The largest absolute Gasteiger partial charge is 0.463 e. The van der Waals surface area contributed by atoms with Crippen LogP contribution in [-0.4, -0.2) is 24.3 Å². The van der Waals surface area contributed by atoms with Crippen molar-refractivity contribution in [2.45, 2.75) is 26.3 Å². The minimum Gasteiger partial charge on any atom is -0.463 e. The summed E-state index contributed by atoms with van der Waals surface area (Å²) < 4.78 is 4.99. The van der Waals surface area contributed by atoms with Gasteiger partial charge in [-0.05, 0) is 32.9 Å². The van der Waals surface area contributed by atoms with E-state index in [1.165, 1.54) is 12.5 Å². The summed E-state index contributed by atoms with van der Waals surface area (Å²) in [5, 5.41) is 6.36. The van der Waals surface area contributed by atoms with E-state index in [-0.39, 0.29) is 18.1 Å². The number of furan rings is 1. The lowest BCUT2D eigenvalue weighted by Crippen LogP contribution is -2.42. The van der Waals surface area contributed by atoms with Gasteiger partial charge in [-0.1, -0.05) is 5.16 Å². The third-order valence-electron chi connectivity index (χ3n) is 1.51. The van der Waals surface area contributed by atoms with E-state index in [1.807, 2.05) is 20.8 Å². The Labute approximate surface area is 94.5 Å². The van der Waals surface area contributed by atoms with Crippen molar-refractivity contribution in [2.24, 2.45) is 5.16 Å². The molecule has 0 unspecified atom stereocenters. The maximum absolute atomic E-state index is 11.3. The lowest BCUT2D eigenvalue weighted by Gasteiger charge is -2.19. The van der Waals surface area contributed by atoms with Gasteiger partial charge in [0.25, 0.3) is 5.91 Å². The molecule has 1 heterocycles. The van der Waals surface area contributed by atoms with Crippen LogP contribution in [0.25, 0.3) is 0 Å². The third kappa shape index (κ3) is 5.19. The zero-order valence-corrected chi connectivity index (χ0v) is 9.69. The number of rotatable bonds is 4. The van der Waals surface area contributed by atoms with Crippen molar-refractivity contribution in [2.75, 3.05) is 6.61 Å². The molecule has 1 aromatic heterocycles. The quantitative estimate of drug-likeness (QED) is 0.623. The Morgan fingerprint density at radius 2 is 2.38 bits per heavy atom. The van der Waals surface area contributed by atoms with E-state index >= 15 is 0 Å². The first kappa shape index (κ1) is 12.3. The maximum Gasteiger partial charge on any atom is 0.261 e. The van der Waals surface area contributed by atoms with Crippen LogP contribution in [0, 0.1) is 0 Å². The van der Waals surface area contributed by atoms with E-state index < -0.39 is 0 Å². The molecule has 1 rings (SSSR count). The smallest absolute Gasteiger partial charge is 0.261 e. The number of carbonyl (C=O) groups is 1. The Hall–Kier alpha value is -1.78. The standard InChI is InChI=1S/C11H16N2O3/c1-11(2,3)13-10(14)8-16-12-7-9-5-4-6-15-9/h4-7H,8H2,1-3H3,(H,13,14)/b12-7+. The molecule has 0 aromatic carbocycles. The molecule has 0 aliphatic heterocycles.